The lowest BCUT2D eigenvalue weighted by Crippen LogP contribution is -2.28. The van der Waals surface area contributed by atoms with E-state index in [0.717, 1.165) is 44.0 Å². The highest BCUT2D eigenvalue weighted by atomic mass is 35.5. The highest BCUT2D eigenvalue weighted by molar-refractivity contribution is 6.30. The Morgan fingerprint density at radius 3 is 2.75 bits per heavy atom. The highest BCUT2D eigenvalue weighted by Gasteiger charge is 2.16. The number of phenolic OH excluding ortho intramolecular Hbond substituents is 1. The minimum Gasteiger partial charge on any atom is -0.508 e. The van der Waals surface area contributed by atoms with E-state index in [1.54, 1.807) is 0 Å². The van der Waals surface area contributed by atoms with Crippen LogP contribution in [-0.2, 0) is 6.42 Å². The predicted octanol–water partition coefficient (Wildman–Crippen LogP) is 2.73. The van der Waals surface area contributed by atoms with Crippen LogP contribution in [0.25, 0.3) is 0 Å². The van der Waals surface area contributed by atoms with Gasteiger partial charge in [-0.15, -0.1) is 0 Å². The van der Waals surface area contributed by atoms with Gasteiger partial charge < -0.3 is 10.4 Å². The molecule has 0 aromatic heterocycles. The molecule has 2 rings (SSSR count). The molecular formula is C12H15ClFNO. The molecule has 4 heteroatoms. The van der Waals surface area contributed by atoms with Crippen molar-refractivity contribution in [3.8, 4) is 5.75 Å². The summed E-state index contributed by atoms with van der Waals surface area (Å²) in [6.45, 7) is 2.03. The van der Waals surface area contributed by atoms with Crippen molar-refractivity contribution in [2.24, 2.45) is 5.92 Å². The van der Waals surface area contributed by atoms with E-state index in [9.17, 15) is 9.50 Å². The van der Waals surface area contributed by atoms with Crippen LogP contribution in [0.1, 0.15) is 18.4 Å². The topological polar surface area (TPSA) is 32.3 Å². The summed E-state index contributed by atoms with van der Waals surface area (Å²) in [4.78, 5) is 0. The van der Waals surface area contributed by atoms with Gasteiger partial charge in [-0.2, -0.15) is 0 Å². The van der Waals surface area contributed by atoms with Crippen molar-refractivity contribution < 1.29 is 9.50 Å². The lowest BCUT2D eigenvalue weighted by atomic mass is 9.90. The van der Waals surface area contributed by atoms with Crippen molar-refractivity contribution in [2.45, 2.75) is 19.3 Å². The number of halogens is 2. The van der Waals surface area contributed by atoms with Crippen LogP contribution in [0.4, 0.5) is 4.39 Å². The lowest BCUT2D eigenvalue weighted by Gasteiger charge is -2.22. The first-order valence-corrected chi connectivity index (χ1v) is 5.92. The fourth-order valence-corrected chi connectivity index (χ4v) is 2.32. The van der Waals surface area contributed by atoms with E-state index in [1.165, 1.54) is 6.07 Å². The Morgan fingerprint density at radius 2 is 2.06 bits per heavy atom. The molecule has 0 spiro atoms. The zero-order valence-corrected chi connectivity index (χ0v) is 9.73. The van der Waals surface area contributed by atoms with Gasteiger partial charge in [-0.3, -0.25) is 0 Å². The van der Waals surface area contributed by atoms with Gasteiger partial charge >= 0.3 is 0 Å². The number of rotatable bonds is 2. The minimum absolute atomic E-state index is 0.0143. The molecule has 16 heavy (non-hydrogen) atoms. The molecule has 1 aromatic carbocycles. The van der Waals surface area contributed by atoms with Crippen LogP contribution >= 0.6 is 11.6 Å². The Balaban J connectivity index is 2.11. The highest BCUT2D eigenvalue weighted by Crippen LogP contribution is 2.29. The largest absolute Gasteiger partial charge is 0.508 e. The number of aromatic hydroxyl groups is 1. The predicted molar refractivity (Wildman–Crippen MR) is 62.4 cm³/mol. The van der Waals surface area contributed by atoms with Crippen molar-refractivity contribution in [3.63, 3.8) is 0 Å². The van der Waals surface area contributed by atoms with Gasteiger partial charge in [0.25, 0.3) is 0 Å². The SMILES string of the molecule is Oc1cc(F)c(Cl)cc1CC1CCNCC1. The molecule has 1 heterocycles. The summed E-state index contributed by atoms with van der Waals surface area (Å²) < 4.78 is 13.0. The van der Waals surface area contributed by atoms with Gasteiger partial charge in [-0.1, -0.05) is 11.6 Å². The van der Waals surface area contributed by atoms with Crippen molar-refractivity contribution in [2.75, 3.05) is 13.1 Å². The monoisotopic (exact) mass is 243 g/mol. The molecular weight excluding hydrogens is 229 g/mol. The first kappa shape index (κ1) is 11.7. The number of piperidine rings is 1. The zero-order valence-electron chi connectivity index (χ0n) is 8.97. The molecule has 2 nitrogen and oxygen atoms in total. The summed E-state index contributed by atoms with van der Waals surface area (Å²) in [5.74, 6) is 0.00216. The van der Waals surface area contributed by atoms with Crippen molar-refractivity contribution in [3.05, 3.63) is 28.5 Å². The van der Waals surface area contributed by atoms with Crippen LogP contribution in [-0.4, -0.2) is 18.2 Å². The second kappa shape index (κ2) is 5.02. The molecule has 88 valence electrons. The molecule has 0 bridgehead atoms. The fourth-order valence-electron chi connectivity index (χ4n) is 2.14. The summed E-state index contributed by atoms with van der Waals surface area (Å²) in [5, 5.41) is 13.0. The molecule has 1 aliphatic rings. The van der Waals surface area contributed by atoms with E-state index in [-0.39, 0.29) is 10.8 Å². The maximum Gasteiger partial charge on any atom is 0.145 e. The maximum atomic E-state index is 13.0. The number of hydrogen-bond donors (Lipinski definition) is 2. The summed E-state index contributed by atoms with van der Waals surface area (Å²) in [7, 11) is 0. The van der Waals surface area contributed by atoms with Crippen LogP contribution in [0, 0.1) is 11.7 Å². The fraction of sp³-hybridized carbons (Fsp3) is 0.500. The molecule has 1 aliphatic heterocycles. The van der Waals surface area contributed by atoms with Crippen LogP contribution in [0.2, 0.25) is 5.02 Å². The van der Waals surface area contributed by atoms with Crippen LogP contribution in [0.3, 0.4) is 0 Å². The third-order valence-electron chi connectivity index (χ3n) is 3.09. The molecule has 0 atom stereocenters. The third-order valence-corrected chi connectivity index (χ3v) is 3.38. The second-order valence-corrected chi connectivity index (χ2v) is 4.70. The Bertz CT molecular complexity index is 378. The van der Waals surface area contributed by atoms with Gasteiger partial charge in [-0.05, 0) is 49.9 Å². The standard InChI is InChI=1S/C12H15ClFNO/c13-10-6-9(12(16)7-11(10)14)5-8-1-3-15-4-2-8/h6-8,15-16H,1-5H2. The summed E-state index contributed by atoms with van der Waals surface area (Å²) >= 11 is 5.71. The van der Waals surface area contributed by atoms with Gasteiger partial charge in [-0.25, -0.2) is 4.39 Å². The van der Waals surface area contributed by atoms with E-state index in [1.807, 2.05) is 0 Å². The molecule has 0 aliphatic carbocycles. The van der Waals surface area contributed by atoms with Gasteiger partial charge in [0.15, 0.2) is 0 Å². The van der Waals surface area contributed by atoms with Gasteiger partial charge in [0, 0.05) is 6.07 Å². The van der Waals surface area contributed by atoms with Crippen LogP contribution < -0.4 is 5.32 Å². The number of hydrogen-bond acceptors (Lipinski definition) is 2. The minimum atomic E-state index is -0.562. The normalized spacial score (nSPS) is 17.6. The Kier molecular flexibility index (Phi) is 3.66. The number of nitrogens with one attached hydrogen (secondary N) is 1. The second-order valence-electron chi connectivity index (χ2n) is 4.29. The average Bonchev–Trinajstić information content (AvgIpc) is 2.27. The van der Waals surface area contributed by atoms with E-state index in [0.29, 0.717) is 5.92 Å². The zero-order chi connectivity index (χ0) is 11.5. The summed E-state index contributed by atoms with van der Waals surface area (Å²) in [5.41, 5.74) is 0.748. The number of benzene rings is 1. The van der Waals surface area contributed by atoms with Crippen molar-refractivity contribution in [1.29, 1.82) is 0 Å². The van der Waals surface area contributed by atoms with E-state index in [2.05, 4.69) is 5.32 Å². The van der Waals surface area contributed by atoms with E-state index in [4.69, 9.17) is 11.6 Å². The Hall–Kier alpha value is -0.800. The molecule has 1 fully saturated rings. The van der Waals surface area contributed by atoms with Crippen LogP contribution in [0.15, 0.2) is 12.1 Å². The summed E-state index contributed by atoms with van der Waals surface area (Å²) in [6, 6.07) is 2.63. The first-order chi connectivity index (χ1) is 7.66. The Labute approximate surface area is 99.4 Å². The first-order valence-electron chi connectivity index (χ1n) is 5.54. The molecule has 1 saturated heterocycles. The van der Waals surface area contributed by atoms with Gasteiger partial charge in [0.05, 0.1) is 5.02 Å². The van der Waals surface area contributed by atoms with Gasteiger partial charge in [0.2, 0.25) is 0 Å². The quantitative estimate of drug-likeness (QED) is 0.837. The molecule has 2 N–H and O–H groups in total. The maximum absolute atomic E-state index is 13.0. The molecule has 1 aromatic rings. The molecule has 0 saturated carbocycles. The third kappa shape index (κ3) is 2.66. The Morgan fingerprint density at radius 1 is 1.38 bits per heavy atom. The molecule has 0 unspecified atom stereocenters. The molecule has 0 radical (unpaired) electrons. The van der Waals surface area contributed by atoms with Gasteiger partial charge in [0.1, 0.15) is 11.6 Å². The van der Waals surface area contributed by atoms with E-state index >= 15 is 0 Å². The van der Waals surface area contributed by atoms with E-state index < -0.39 is 5.82 Å². The number of phenols is 1. The summed E-state index contributed by atoms with van der Waals surface area (Å²) in [6.07, 6.45) is 2.95. The van der Waals surface area contributed by atoms with Crippen molar-refractivity contribution >= 4 is 11.6 Å². The lowest BCUT2D eigenvalue weighted by molar-refractivity contribution is 0.366. The van der Waals surface area contributed by atoms with Crippen LogP contribution in [0.5, 0.6) is 5.75 Å². The molecule has 0 amide bonds. The smallest absolute Gasteiger partial charge is 0.145 e. The van der Waals surface area contributed by atoms with Crippen molar-refractivity contribution in [1.82, 2.24) is 5.32 Å². The average molecular weight is 244 g/mol.